The van der Waals surface area contributed by atoms with Crippen molar-refractivity contribution in [3.63, 3.8) is 0 Å². The molecule has 9 heteroatoms. The van der Waals surface area contributed by atoms with Crippen LogP contribution in [0.1, 0.15) is 24.8 Å². The van der Waals surface area contributed by atoms with Gasteiger partial charge in [-0.05, 0) is 54.8 Å². The molecule has 178 valence electrons. The first-order valence-electron chi connectivity index (χ1n) is 11.1. The Kier molecular flexibility index (Phi) is 7.34. The number of nitrogens with zero attached hydrogens (tertiary/aromatic N) is 2. The van der Waals surface area contributed by atoms with Crippen molar-refractivity contribution in [1.29, 1.82) is 0 Å². The first-order chi connectivity index (χ1) is 15.8. The summed E-state index contributed by atoms with van der Waals surface area (Å²) in [6.07, 6.45) is -3.21. The topological polar surface area (TPSA) is 44.8 Å². The molecule has 33 heavy (non-hydrogen) atoms. The molecule has 2 heterocycles. The van der Waals surface area contributed by atoms with E-state index in [0.29, 0.717) is 19.0 Å². The molecule has 0 aromatic heterocycles. The van der Waals surface area contributed by atoms with Crippen LogP contribution in [0, 0.1) is 0 Å². The van der Waals surface area contributed by atoms with Crippen molar-refractivity contribution in [2.75, 3.05) is 36.4 Å². The summed E-state index contributed by atoms with van der Waals surface area (Å²) in [5, 5.41) is 4.34. The summed E-state index contributed by atoms with van der Waals surface area (Å²) in [4.78, 5) is 15.4. The number of rotatable bonds is 6. The monoisotopic (exact) mass is 481 g/mol. The Morgan fingerprint density at radius 1 is 1.00 bits per heavy atom. The highest BCUT2D eigenvalue weighted by atomic mass is 35.5. The van der Waals surface area contributed by atoms with Crippen LogP contribution in [0.4, 0.5) is 24.5 Å². The van der Waals surface area contributed by atoms with Gasteiger partial charge in [0.25, 0.3) is 0 Å². The second-order valence-electron chi connectivity index (χ2n) is 8.63. The van der Waals surface area contributed by atoms with Crippen LogP contribution in [-0.4, -0.2) is 55.4 Å². The van der Waals surface area contributed by atoms with Gasteiger partial charge in [-0.15, -0.1) is 0 Å². The molecule has 0 amide bonds. The number of carbonyl (C=O) groups excluding carboxylic acids is 1. The zero-order chi connectivity index (χ0) is 23.4. The molecule has 1 unspecified atom stereocenters. The van der Waals surface area contributed by atoms with Crippen molar-refractivity contribution in [3.05, 3.63) is 59.1 Å². The molecular formula is C24H27ClF3N3O2. The predicted octanol–water partition coefficient (Wildman–Crippen LogP) is 5.10. The molecule has 2 aromatic carbocycles. The van der Waals surface area contributed by atoms with Crippen LogP contribution in [0.25, 0.3) is 0 Å². The van der Waals surface area contributed by atoms with Crippen LogP contribution >= 0.6 is 11.6 Å². The fourth-order valence-corrected chi connectivity index (χ4v) is 4.49. The van der Waals surface area contributed by atoms with Gasteiger partial charge in [0.1, 0.15) is 6.10 Å². The van der Waals surface area contributed by atoms with Crippen LogP contribution in [-0.2, 0) is 16.1 Å². The highest BCUT2D eigenvalue weighted by molar-refractivity contribution is 6.30. The molecule has 0 aliphatic carbocycles. The third-order valence-corrected chi connectivity index (χ3v) is 6.41. The summed E-state index contributed by atoms with van der Waals surface area (Å²) in [6.45, 7) is 3.78. The minimum atomic E-state index is -4.95. The van der Waals surface area contributed by atoms with E-state index < -0.39 is 18.2 Å². The van der Waals surface area contributed by atoms with Crippen molar-refractivity contribution in [2.24, 2.45) is 0 Å². The third kappa shape index (κ3) is 6.54. The number of benzene rings is 2. The Labute approximate surface area is 196 Å². The summed E-state index contributed by atoms with van der Waals surface area (Å²) in [7, 11) is 0. The van der Waals surface area contributed by atoms with E-state index >= 15 is 0 Å². The minimum Gasteiger partial charge on any atom is -0.454 e. The van der Waals surface area contributed by atoms with Gasteiger partial charge in [-0.25, -0.2) is 4.79 Å². The summed E-state index contributed by atoms with van der Waals surface area (Å²) in [5.41, 5.74) is 3.19. The number of halogens is 4. The molecule has 2 saturated heterocycles. The maximum atomic E-state index is 12.4. The highest BCUT2D eigenvalue weighted by Crippen LogP contribution is 2.27. The van der Waals surface area contributed by atoms with Crippen molar-refractivity contribution in [3.8, 4) is 0 Å². The summed E-state index contributed by atoms with van der Waals surface area (Å²) in [6, 6.07) is 16.3. The molecule has 5 nitrogen and oxygen atoms in total. The lowest BCUT2D eigenvalue weighted by atomic mass is 10.0. The maximum Gasteiger partial charge on any atom is 0.490 e. The third-order valence-electron chi connectivity index (χ3n) is 6.16. The Hall–Kier alpha value is -2.45. The van der Waals surface area contributed by atoms with Crippen molar-refractivity contribution in [2.45, 2.75) is 44.1 Å². The van der Waals surface area contributed by atoms with E-state index in [4.69, 9.17) is 11.6 Å². The Morgan fingerprint density at radius 2 is 1.67 bits per heavy atom. The zero-order valence-corrected chi connectivity index (χ0v) is 18.9. The molecule has 0 saturated carbocycles. The van der Waals surface area contributed by atoms with Gasteiger partial charge in [0.05, 0.1) is 6.54 Å². The van der Waals surface area contributed by atoms with E-state index in [-0.39, 0.29) is 6.54 Å². The standard InChI is InChI=1S/C24H27ClF3N3O2/c25-18-3-1-17(2-4-18)15-30-12-9-20(10-13-30)29-19-5-7-21(8-6-19)31-14-11-22(16-31)33-23(32)24(26,27)28/h1-8,20,22,29H,9-16H2. The quantitative estimate of drug-likeness (QED) is 0.581. The van der Waals surface area contributed by atoms with Gasteiger partial charge < -0.3 is 15.0 Å². The lowest BCUT2D eigenvalue weighted by Crippen LogP contribution is -2.38. The molecule has 2 aliphatic heterocycles. The number of nitrogens with one attached hydrogen (secondary N) is 1. The van der Waals surface area contributed by atoms with Gasteiger partial charge in [-0.3, -0.25) is 4.90 Å². The lowest BCUT2D eigenvalue weighted by molar-refractivity contribution is -0.203. The fourth-order valence-electron chi connectivity index (χ4n) is 4.36. The first kappa shape index (κ1) is 23.7. The van der Waals surface area contributed by atoms with Crippen molar-refractivity contribution in [1.82, 2.24) is 4.90 Å². The van der Waals surface area contributed by atoms with Crippen molar-refractivity contribution >= 4 is 28.9 Å². The number of alkyl halides is 3. The Balaban J connectivity index is 1.22. The largest absolute Gasteiger partial charge is 0.490 e. The van der Waals surface area contributed by atoms with Gasteiger partial charge in [0.2, 0.25) is 0 Å². The average molecular weight is 482 g/mol. The number of piperidine rings is 1. The molecule has 2 fully saturated rings. The van der Waals surface area contributed by atoms with Gasteiger partial charge in [-0.1, -0.05) is 23.7 Å². The molecule has 0 radical (unpaired) electrons. The van der Waals surface area contributed by atoms with E-state index in [0.717, 1.165) is 48.9 Å². The highest BCUT2D eigenvalue weighted by Gasteiger charge is 2.43. The molecule has 2 aliphatic rings. The van der Waals surface area contributed by atoms with Crippen LogP contribution in [0.5, 0.6) is 0 Å². The fraction of sp³-hybridized carbons (Fsp3) is 0.458. The van der Waals surface area contributed by atoms with E-state index in [9.17, 15) is 18.0 Å². The average Bonchev–Trinajstić information content (AvgIpc) is 3.25. The van der Waals surface area contributed by atoms with E-state index in [1.807, 2.05) is 41.3 Å². The second-order valence-corrected chi connectivity index (χ2v) is 9.06. The van der Waals surface area contributed by atoms with Gasteiger partial charge in [-0.2, -0.15) is 13.2 Å². The second kappa shape index (κ2) is 10.2. The van der Waals surface area contributed by atoms with Gasteiger partial charge in [0.15, 0.2) is 0 Å². The van der Waals surface area contributed by atoms with E-state index in [1.165, 1.54) is 5.56 Å². The van der Waals surface area contributed by atoms with E-state index in [1.54, 1.807) is 0 Å². The Morgan fingerprint density at radius 3 is 2.30 bits per heavy atom. The SMILES string of the molecule is O=C(OC1CCN(c2ccc(NC3CCN(Cc4ccc(Cl)cc4)CC3)cc2)C1)C(F)(F)F. The normalized spacial score (nSPS) is 20.1. The molecule has 2 aromatic rings. The molecule has 0 bridgehead atoms. The number of esters is 1. The summed E-state index contributed by atoms with van der Waals surface area (Å²) < 4.78 is 41.7. The number of hydrogen-bond acceptors (Lipinski definition) is 5. The van der Waals surface area contributed by atoms with Crippen LogP contribution < -0.4 is 10.2 Å². The predicted molar refractivity (Wildman–Crippen MR) is 123 cm³/mol. The lowest BCUT2D eigenvalue weighted by Gasteiger charge is -2.33. The first-order valence-corrected chi connectivity index (χ1v) is 11.5. The number of ether oxygens (including phenoxy) is 1. The molecule has 4 rings (SSSR count). The van der Waals surface area contributed by atoms with Gasteiger partial charge >= 0.3 is 12.1 Å². The number of carbonyl (C=O) groups is 1. The number of likely N-dealkylation sites (tertiary alicyclic amines) is 1. The summed E-state index contributed by atoms with van der Waals surface area (Å²) >= 11 is 5.96. The smallest absolute Gasteiger partial charge is 0.454 e. The van der Waals surface area contributed by atoms with E-state index in [2.05, 4.69) is 27.1 Å². The minimum absolute atomic E-state index is 0.265. The van der Waals surface area contributed by atoms with Crippen molar-refractivity contribution < 1.29 is 22.7 Å². The molecule has 0 spiro atoms. The zero-order valence-electron chi connectivity index (χ0n) is 18.2. The van der Waals surface area contributed by atoms with Crippen LogP contribution in [0.2, 0.25) is 5.02 Å². The number of hydrogen-bond donors (Lipinski definition) is 1. The molecule has 1 atom stereocenters. The van der Waals surface area contributed by atoms with Crippen LogP contribution in [0.3, 0.4) is 0 Å². The molecular weight excluding hydrogens is 455 g/mol. The number of anilines is 2. The van der Waals surface area contributed by atoms with Crippen LogP contribution in [0.15, 0.2) is 48.5 Å². The maximum absolute atomic E-state index is 12.4. The summed E-state index contributed by atoms with van der Waals surface area (Å²) in [5.74, 6) is -2.12. The van der Waals surface area contributed by atoms with Gasteiger partial charge in [0, 0.05) is 55.0 Å². The molecule has 1 N–H and O–H groups in total. The Bertz CT molecular complexity index is 929.